The van der Waals surface area contributed by atoms with Crippen LogP contribution in [-0.4, -0.2) is 74.0 Å². The SMILES string of the molecule is COc1ccc2c(c1)C(=O)N(C[C@@]1(C#Cc3ccc(Nc4c(NCCN(C)C)c(=O)c4=O)cc3)NC(=O)NC1=O)C2. The Morgan fingerprint density at radius 1 is 1.02 bits per heavy atom. The van der Waals surface area contributed by atoms with E-state index in [0.29, 0.717) is 35.7 Å². The Kier molecular flexibility index (Phi) is 7.21. The molecule has 3 aromatic carbocycles. The number of nitrogens with zero attached hydrogens (tertiary/aromatic N) is 2. The zero-order chi connectivity index (χ0) is 29.3. The molecule has 4 N–H and O–H groups in total. The van der Waals surface area contributed by atoms with E-state index < -0.39 is 28.3 Å². The van der Waals surface area contributed by atoms with Crippen molar-refractivity contribution in [2.75, 3.05) is 51.5 Å². The highest BCUT2D eigenvalue weighted by molar-refractivity contribution is 6.10. The molecule has 210 valence electrons. The van der Waals surface area contributed by atoms with E-state index in [0.717, 1.165) is 5.56 Å². The Morgan fingerprint density at radius 3 is 2.41 bits per heavy atom. The third-order valence-corrected chi connectivity index (χ3v) is 6.91. The first-order valence-corrected chi connectivity index (χ1v) is 12.8. The summed E-state index contributed by atoms with van der Waals surface area (Å²) in [5, 5.41) is 10.8. The molecule has 1 fully saturated rings. The molecule has 0 aliphatic carbocycles. The molecule has 0 spiro atoms. The number of carbonyl (C=O) groups is 3. The number of amides is 4. The molecule has 12 nitrogen and oxygen atoms in total. The normalized spacial score (nSPS) is 17.7. The van der Waals surface area contributed by atoms with Gasteiger partial charge in [0, 0.05) is 36.4 Å². The van der Waals surface area contributed by atoms with Crippen LogP contribution < -0.4 is 36.9 Å². The van der Waals surface area contributed by atoms with Crippen LogP contribution in [0.1, 0.15) is 21.5 Å². The van der Waals surface area contributed by atoms with Gasteiger partial charge in [-0.15, -0.1) is 0 Å². The number of urea groups is 1. The topological polar surface area (TPSA) is 149 Å². The summed E-state index contributed by atoms with van der Waals surface area (Å²) in [5.41, 5.74) is -0.00404. The van der Waals surface area contributed by atoms with Crippen LogP contribution in [0.2, 0.25) is 0 Å². The lowest BCUT2D eigenvalue weighted by Gasteiger charge is -2.26. The number of ether oxygens (including phenoxy) is 1. The van der Waals surface area contributed by atoms with Gasteiger partial charge < -0.3 is 30.5 Å². The van der Waals surface area contributed by atoms with E-state index in [1.165, 1.54) is 12.0 Å². The third kappa shape index (κ3) is 5.35. The van der Waals surface area contributed by atoms with Gasteiger partial charge in [0.05, 0.1) is 13.7 Å². The van der Waals surface area contributed by atoms with Gasteiger partial charge in [0.25, 0.3) is 22.7 Å². The molecule has 2 aliphatic rings. The summed E-state index contributed by atoms with van der Waals surface area (Å²) >= 11 is 0. The molecule has 2 aliphatic heterocycles. The molecule has 4 amide bonds. The fraction of sp³-hybridized carbons (Fsp3) is 0.276. The van der Waals surface area contributed by atoms with Crippen LogP contribution in [-0.2, 0) is 11.3 Å². The van der Waals surface area contributed by atoms with Crippen LogP contribution in [0.3, 0.4) is 0 Å². The van der Waals surface area contributed by atoms with E-state index in [9.17, 15) is 24.0 Å². The predicted molar refractivity (Wildman–Crippen MR) is 152 cm³/mol. The zero-order valence-corrected chi connectivity index (χ0v) is 22.7. The second kappa shape index (κ2) is 10.8. The molecule has 0 unspecified atom stereocenters. The number of likely N-dealkylation sites (N-methyl/N-ethyl adjacent to an activating group) is 1. The van der Waals surface area contributed by atoms with Gasteiger partial charge in [-0.1, -0.05) is 17.9 Å². The zero-order valence-electron chi connectivity index (χ0n) is 22.7. The van der Waals surface area contributed by atoms with Gasteiger partial charge in [0.1, 0.15) is 17.1 Å². The maximum absolute atomic E-state index is 13.1. The number of hydrogen-bond donors (Lipinski definition) is 4. The number of fused-ring (bicyclic) bond motifs is 1. The van der Waals surface area contributed by atoms with E-state index in [1.807, 2.05) is 19.0 Å². The summed E-state index contributed by atoms with van der Waals surface area (Å²) in [4.78, 5) is 65.6. The molecule has 0 aromatic heterocycles. The maximum Gasteiger partial charge on any atom is 0.323 e. The Morgan fingerprint density at radius 2 is 1.76 bits per heavy atom. The minimum Gasteiger partial charge on any atom is -0.497 e. The van der Waals surface area contributed by atoms with E-state index in [1.54, 1.807) is 42.5 Å². The molecule has 12 heteroatoms. The number of nitrogens with one attached hydrogen (secondary N) is 4. The third-order valence-electron chi connectivity index (χ3n) is 6.91. The Balaban J connectivity index is 1.32. The number of methoxy groups -OCH3 is 1. The van der Waals surface area contributed by atoms with E-state index >= 15 is 0 Å². The number of hydrogen-bond acceptors (Lipinski definition) is 9. The highest BCUT2D eigenvalue weighted by Crippen LogP contribution is 2.28. The lowest BCUT2D eigenvalue weighted by molar-refractivity contribution is -0.122. The van der Waals surface area contributed by atoms with Crippen LogP contribution >= 0.6 is 0 Å². The van der Waals surface area contributed by atoms with Crippen LogP contribution in [0.25, 0.3) is 0 Å². The largest absolute Gasteiger partial charge is 0.497 e. The number of rotatable bonds is 9. The Labute approximate surface area is 235 Å². The van der Waals surface area contributed by atoms with Gasteiger partial charge in [0.2, 0.25) is 5.54 Å². The van der Waals surface area contributed by atoms with E-state index in [-0.39, 0.29) is 30.4 Å². The fourth-order valence-electron chi connectivity index (χ4n) is 4.66. The fourth-order valence-corrected chi connectivity index (χ4v) is 4.66. The standard InChI is InChI=1S/C29H28N6O6/c1-34(2)13-12-30-22-23(25(37)24(22)36)31-19-7-4-17(5-8-19)10-11-29(27(39)32-28(40)33-29)16-35-15-18-6-9-20(41-3)14-21(18)26(35)38/h4-9,14,30-31H,12-13,15-16H2,1-3H3,(H2,32,33,39,40)/t29-/m1/s1. The van der Waals surface area contributed by atoms with Crippen LogP contribution in [0.15, 0.2) is 52.1 Å². The van der Waals surface area contributed by atoms with Crippen molar-refractivity contribution in [3.05, 3.63) is 79.6 Å². The van der Waals surface area contributed by atoms with Crippen molar-refractivity contribution in [2.45, 2.75) is 12.1 Å². The lowest BCUT2D eigenvalue weighted by atomic mass is 9.99. The highest BCUT2D eigenvalue weighted by Gasteiger charge is 2.48. The number of anilines is 3. The summed E-state index contributed by atoms with van der Waals surface area (Å²) in [6, 6.07) is 11.2. The quantitative estimate of drug-likeness (QED) is 0.169. The Hall–Kier alpha value is -5.15. The minimum absolute atomic E-state index is 0.152. The Bertz CT molecular complexity index is 1680. The van der Waals surface area contributed by atoms with Crippen LogP contribution in [0.5, 0.6) is 5.75 Å². The predicted octanol–water partition coefficient (Wildman–Crippen LogP) is 0.594. The van der Waals surface area contributed by atoms with Gasteiger partial charge in [-0.2, -0.15) is 0 Å². The van der Waals surface area contributed by atoms with Crippen molar-refractivity contribution in [2.24, 2.45) is 0 Å². The summed E-state index contributed by atoms with van der Waals surface area (Å²) in [6.45, 7) is 1.31. The van der Waals surface area contributed by atoms with Crippen molar-refractivity contribution in [1.82, 2.24) is 20.4 Å². The molecule has 1 atom stereocenters. The van der Waals surface area contributed by atoms with Gasteiger partial charge in [-0.3, -0.25) is 24.5 Å². The first kappa shape index (κ1) is 27.4. The smallest absolute Gasteiger partial charge is 0.323 e. The maximum atomic E-state index is 13.1. The molecule has 41 heavy (non-hydrogen) atoms. The first-order chi connectivity index (χ1) is 19.6. The van der Waals surface area contributed by atoms with Crippen LogP contribution in [0, 0.1) is 11.8 Å². The molecular weight excluding hydrogens is 528 g/mol. The molecule has 5 rings (SSSR count). The van der Waals surface area contributed by atoms with Crippen molar-refractivity contribution >= 4 is 34.9 Å². The van der Waals surface area contributed by atoms with Crippen molar-refractivity contribution in [3.63, 3.8) is 0 Å². The summed E-state index contributed by atoms with van der Waals surface area (Å²) in [6.07, 6.45) is 0. The molecule has 3 aromatic rings. The molecule has 0 radical (unpaired) electrons. The van der Waals surface area contributed by atoms with Crippen molar-refractivity contribution in [1.29, 1.82) is 0 Å². The van der Waals surface area contributed by atoms with Gasteiger partial charge in [-0.25, -0.2) is 4.79 Å². The van der Waals surface area contributed by atoms with Crippen molar-refractivity contribution < 1.29 is 19.1 Å². The first-order valence-electron chi connectivity index (χ1n) is 12.8. The molecular formula is C29H28N6O6. The number of benzene rings is 2. The molecule has 2 heterocycles. The molecule has 1 saturated heterocycles. The molecule has 0 saturated carbocycles. The minimum atomic E-state index is -1.65. The number of carbonyl (C=O) groups excluding carboxylic acids is 3. The summed E-state index contributed by atoms with van der Waals surface area (Å²) in [7, 11) is 5.33. The van der Waals surface area contributed by atoms with E-state index in [2.05, 4.69) is 33.1 Å². The summed E-state index contributed by atoms with van der Waals surface area (Å²) in [5.74, 6) is 5.38. The number of imide groups is 1. The second-order valence-electron chi connectivity index (χ2n) is 10.1. The van der Waals surface area contributed by atoms with Gasteiger partial charge in [0.15, 0.2) is 0 Å². The second-order valence-corrected chi connectivity index (χ2v) is 10.1. The lowest BCUT2D eigenvalue weighted by Crippen LogP contribution is -2.54. The highest BCUT2D eigenvalue weighted by atomic mass is 16.5. The van der Waals surface area contributed by atoms with Gasteiger partial charge in [-0.05, 0) is 56.1 Å². The average molecular weight is 557 g/mol. The van der Waals surface area contributed by atoms with E-state index in [4.69, 9.17) is 4.74 Å². The average Bonchev–Trinajstić information content (AvgIpc) is 3.42. The monoisotopic (exact) mass is 556 g/mol. The molecule has 0 bridgehead atoms. The van der Waals surface area contributed by atoms with Crippen molar-refractivity contribution in [3.8, 4) is 17.6 Å². The summed E-state index contributed by atoms with van der Waals surface area (Å²) < 4.78 is 5.22. The van der Waals surface area contributed by atoms with Crippen LogP contribution in [0.4, 0.5) is 21.9 Å². The van der Waals surface area contributed by atoms with Gasteiger partial charge >= 0.3 is 6.03 Å².